The van der Waals surface area contributed by atoms with Gasteiger partial charge in [-0.25, -0.2) is 4.98 Å². The van der Waals surface area contributed by atoms with Gasteiger partial charge in [-0.05, 0) is 30.5 Å². The van der Waals surface area contributed by atoms with Crippen LogP contribution in [0.25, 0.3) is 10.1 Å². The summed E-state index contributed by atoms with van der Waals surface area (Å²) in [6.45, 7) is 5.34. The molecular formula is C14H18ClN3S. The highest BCUT2D eigenvalue weighted by atomic mass is 35.5. The maximum atomic E-state index is 5.84. The predicted octanol–water partition coefficient (Wildman–Crippen LogP) is 3.05. The SMILES string of the molecule is ClCCN1CCCN(c2nccc3sccc23)CC1. The summed E-state index contributed by atoms with van der Waals surface area (Å²) in [5.41, 5.74) is 0. The highest BCUT2D eigenvalue weighted by molar-refractivity contribution is 7.17. The molecule has 0 atom stereocenters. The van der Waals surface area contributed by atoms with Crippen LogP contribution in [0, 0.1) is 0 Å². The first-order chi connectivity index (χ1) is 9.38. The van der Waals surface area contributed by atoms with E-state index in [-0.39, 0.29) is 0 Å². The van der Waals surface area contributed by atoms with Gasteiger partial charge >= 0.3 is 0 Å². The minimum Gasteiger partial charge on any atom is -0.355 e. The van der Waals surface area contributed by atoms with Crippen LogP contribution >= 0.6 is 22.9 Å². The molecule has 0 spiro atoms. The largest absolute Gasteiger partial charge is 0.355 e. The molecule has 3 nitrogen and oxygen atoms in total. The first-order valence-corrected chi connectivity index (χ1v) is 8.15. The molecule has 0 bridgehead atoms. The van der Waals surface area contributed by atoms with Crippen molar-refractivity contribution in [1.82, 2.24) is 9.88 Å². The number of pyridine rings is 1. The number of nitrogens with zero attached hydrogens (tertiary/aromatic N) is 3. The molecule has 102 valence electrons. The van der Waals surface area contributed by atoms with Crippen molar-refractivity contribution in [3.05, 3.63) is 23.7 Å². The van der Waals surface area contributed by atoms with Crippen molar-refractivity contribution in [3.63, 3.8) is 0 Å². The van der Waals surface area contributed by atoms with Crippen molar-refractivity contribution in [2.45, 2.75) is 6.42 Å². The number of thiophene rings is 1. The molecule has 1 saturated heterocycles. The van der Waals surface area contributed by atoms with E-state index in [9.17, 15) is 0 Å². The van der Waals surface area contributed by atoms with Crippen LogP contribution in [0.4, 0.5) is 5.82 Å². The zero-order chi connectivity index (χ0) is 13.1. The Morgan fingerprint density at radius 2 is 2.16 bits per heavy atom. The van der Waals surface area contributed by atoms with Crippen molar-refractivity contribution in [2.24, 2.45) is 0 Å². The average molecular weight is 296 g/mol. The number of alkyl halides is 1. The Balaban J connectivity index is 1.80. The van der Waals surface area contributed by atoms with E-state index < -0.39 is 0 Å². The van der Waals surface area contributed by atoms with Crippen LogP contribution in [0.3, 0.4) is 0 Å². The normalized spacial score (nSPS) is 17.8. The molecule has 1 fully saturated rings. The number of hydrogen-bond acceptors (Lipinski definition) is 4. The van der Waals surface area contributed by atoms with Gasteiger partial charge in [0.15, 0.2) is 0 Å². The van der Waals surface area contributed by atoms with Crippen molar-refractivity contribution in [2.75, 3.05) is 43.5 Å². The Morgan fingerprint density at radius 1 is 1.21 bits per heavy atom. The van der Waals surface area contributed by atoms with Crippen LogP contribution in [0.5, 0.6) is 0 Å². The molecule has 0 unspecified atom stereocenters. The maximum Gasteiger partial charge on any atom is 0.137 e. The van der Waals surface area contributed by atoms with Crippen molar-refractivity contribution < 1.29 is 0 Å². The van der Waals surface area contributed by atoms with Gasteiger partial charge in [0.25, 0.3) is 0 Å². The zero-order valence-corrected chi connectivity index (χ0v) is 12.5. The van der Waals surface area contributed by atoms with Gasteiger partial charge in [0.05, 0.1) is 0 Å². The number of hydrogen-bond donors (Lipinski definition) is 0. The summed E-state index contributed by atoms with van der Waals surface area (Å²) < 4.78 is 1.33. The first kappa shape index (κ1) is 13.2. The third-order valence-corrected chi connectivity index (χ3v) is 4.70. The van der Waals surface area contributed by atoms with Crippen LogP contribution in [0.2, 0.25) is 0 Å². The number of rotatable bonds is 3. The molecule has 1 aliphatic heterocycles. The fourth-order valence-corrected chi connectivity index (χ4v) is 3.67. The second-order valence-electron chi connectivity index (χ2n) is 4.84. The highest BCUT2D eigenvalue weighted by Crippen LogP contribution is 2.28. The molecule has 19 heavy (non-hydrogen) atoms. The molecule has 2 aromatic heterocycles. The predicted molar refractivity (Wildman–Crippen MR) is 83.6 cm³/mol. The van der Waals surface area contributed by atoms with Crippen LogP contribution in [0.1, 0.15) is 6.42 Å². The summed E-state index contributed by atoms with van der Waals surface area (Å²) in [6.07, 6.45) is 3.11. The number of fused-ring (bicyclic) bond motifs is 1. The molecule has 0 amide bonds. The molecule has 0 aromatic carbocycles. The third-order valence-electron chi connectivity index (χ3n) is 3.65. The van der Waals surface area contributed by atoms with E-state index in [0.29, 0.717) is 0 Å². The lowest BCUT2D eigenvalue weighted by atomic mass is 10.3. The van der Waals surface area contributed by atoms with E-state index >= 15 is 0 Å². The smallest absolute Gasteiger partial charge is 0.137 e. The van der Waals surface area contributed by atoms with Gasteiger partial charge < -0.3 is 9.80 Å². The van der Waals surface area contributed by atoms with Gasteiger partial charge in [0.1, 0.15) is 5.82 Å². The van der Waals surface area contributed by atoms with Gasteiger partial charge in [0.2, 0.25) is 0 Å². The van der Waals surface area contributed by atoms with Crippen molar-refractivity contribution in [1.29, 1.82) is 0 Å². The monoisotopic (exact) mass is 295 g/mol. The number of anilines is 1. The van der Waals surface area contributed by atoms with Gasteiger partial charge in [-0.15, -0.1) is 22.9 Å². The lowest BCUT2D eigenvalue weighted by Gasteiger charge is -2.23. The molecule has 5 heteroatoms. The van der Waals surface area contributed by atoms with Crippen LogP contribution in [-0.2, 0) is 0 Å². The first-order valence-electron chi connectivity index (χ1n) is 6.74. The summed E-state index contributed by atoms with van der Waals surface area (Å²) in [4.78, 5) is 9.47. The van der Waals surface area contributed by atoms with E-state index in [1.54, 1.807) is 11.3 Å². The summed E-state index contributed by atoms with van der Waals surface area (Å²) >= 11 is 7.62. The Hall–Kier alpha value is -0.840. The lowest BCUT2D eigenvalue weighted by Crippen LogP contribution is -2.32. The molecule has 1 aliphatic rings. The molecule has 2 aromatic rings. The molecule has 3 heterocycles. The fourth-order valence-electron chi connectivity index (χ4n) is 2.66. The summed E-state index contributed by atoms with van der Waals surface area (Å²) in [5.74, 6) is 1.87. The zero-order valence-electron chi connectivity index (χ0n) is 10.9. The molecule has 0 saturated carbocycles. The van der Waals surface area contributed by atoms with Crippen LogP contribution < -0.4 is 4.90 Å². The maximum absolute atomic E-state index is 5.84. The second kappa shape index (κ2) is 6.07. The molecule has 0 aliphatic carbocycles. The minimum absolute atomic E-state index is 0.721. The van der Waals surface area contributed by atoms with Gasteiger partial charge in [-0.1, -0.05) is 0 Å². The Labute approximate surface area is 122 Å². The molecule has 0 N–H and O–H groups in total. The quantitative estimate of drug-likeness (QED) is 0.812. The van der Waals surface area contributed by atoms with Crippen molar-refractivity contribution >= 4 is 38.8 Å². The van der Waals surface area contributed by atoms with Crippen LogP contribution in [-0.4, -0.2) is 48.5 Å². The van der Waals surface area contributed by atoms with Gasteiger partial charge in [-0.2, -0.15) is 0 Å². The van der Waals surface area contributed by atoms with Crippen LogP contribution in [0.15, 0.2) is 23.7 Å². The van der Waals surface area contributed by atoms with Gasteiger partial charge in [-0.3, -0.25) is 0 Å². The Bertz CT molecular complexity index is 542. The van der Waals surface area contributed by atoms with E-state index in [1.807, 2.05) is 6.20 Å². The fraction of sp³-hybridized carbons (Fsp3) is 0.500. The summed E-state index contributed by atoms with van der Waals surface area (Å²) in [6, 6.07) is 4.28. The second-order valence-corrected chi connectivity index (χ2v) is 6.16. The molecule has 0 radical (unpaired) electrons. The van der Waals surface area contributed by atoms with Crippen molar-refractivity contribution in [3.8, 4) is 0 Å². The average Bonchev–Trinajstić information content (AvgIpc) is 2.79. The lowest BCUT2D eigenvalue weighted by molar-refractivity contribution is 0.311. The van der Waals surface area contributed by atoms with E-state index in [4.69, 9.17) is 11.6 Å². The van der Waals surface area contributed by atoms with E-state index in [0.717, 1.165) is 44.4 Å². The minimum atomic E-state index is 0.721. The Morgan fingerprint density at radius 3 is 3.05 bits per heavy atom. The number of halogens is 1. The van der Waals surface area contributed by atoms with Gasteiger partial charge in [0, 0.05) is 48.3 Å². The van der Waals surface area contributed by atoms with E-state index in [1.165, 1.54) is 16.5 Å². The summed E-state index contributed by atoms with van der Waals surface area (Å²) in [7, 11) is 0. The van der Waals surface area contributed by atoms with E-state index in [2.05, 4.69) is 32.3 Å². The molecular weight excluding hydrogens is 278 g/mol. The topological polar surface area (TPSA) is 19.4 Å². The third kappa shape index (κ3) is 2.86. The summed E-state index contributed by atoms with van der Waals surface area (Å²) in [5, 5.41) is 3.44. The Kier molecular flexibility index (Phi) is 4.21. The standard InChI is InChI=1S/C14H18ClN3S/c15-4-8-17-6-1-7-18(10-9-17)14-12-3-11-19-13(12)2-5-16-14/h2-3,5,11H,1,4,6-10H2. The molecule has 3 rings (SSSR count). The highest BCUT2D eigenvalue weighted by Gasteiger charge is 2.17. The number of aromatic nitrogens is 1.